The number of benzene rings is 2. The first kappa shape index (κ1) is 11.9. The van der Waals surface area contributed by atoms with Gasteiger partial charge in [-0.05, 0) is 18.2 Å². The average molecular weight is 268 g/mol. The predicted molar refractivity (Wildman–Crippen MR) is 80.7 cm³/mol. The summed E-state index contributed by atoms with van der Waals surface area (Å²) in [5.74, 6) is 0. The Morgan fingerprint density at radius 1 is 1.05 bits per heavy atom. The smallest absolute Gasteiger partial charge is 0.278 e. The molecular formula is C15H14N3S+. The molecule has 0 aliphatic heterocycles. The molecule has 3 nitrogen and oxygen atoms in total. The van der Waals surface area contributed by atoms with Crippen LogP contribution in [0.25, 0.3) is 10.2 Å². The molecule has 0 aliphatic carbocycles. The minimum absolute atomic E-state index is 0.988. The number of nitrogens with one attached hydrogen (secondary N) is 1. The van der Waals surface area contributed by atoms with Crippen molar-refractivity contribution in [3.05, 3.63) is 59.6 Å². The van der Waals surface area contributed by atoms with Gasteiger partial charge in [-0.15, -0.1) is 0 Å². The van der Waals surface area contributed by atoms with E-state index in [0.717, 1.165) is 10.7 Å². The highest BCUT2D eigenvalue weighted by atomic mass is 32.1. The Morgan fingerprint density at radius 2 is 1.79 bits per heavy atom. The summed E-state index contributed by atoms with van der Waals surface area (Å²) in [4.78, 5) is 0. The minimum Gasteiger partial charge on any atom is -0.278 e. The molecule has 3 rings (SSSR count). The number of anilines is 1. The van der Waals surface area contributed by atoms with Gasteiger partial charge in [-0.2, -0.15) is 9.67 Å². The van der Waals surface area contributed by atoms with Crippen LogP contribution in [0.15, 0.2) is 59.7 Å². The maximum atomic E-state index is 4.28. The Bertz CT molecular complexity index is 717. The number of hydrogen-bond acceptors (Lipinski definition) is 3. The number of hydrogen-bond donors (Lipinski definition) is 1. The molecule has 94 valence electrons. The molecule has 1 N–H and O–H groups in total. The lowest BCUT2D eigenvalue weighted by Crippen LogP contribution is -2.30. The lowest BCUT2D eigenvalue weighted by Gasteiger charge is -1.96. The van der Waals surface area contributed by atoms with Crippen molar-refractivity contribution >= 4 is 33.5 Å². The number of para-hydroxylation sites is 2. The van der Waals surface area contributed by atoms with Crippen molar-refractivity contribution in [3.63, 3.8) is 0 Å². The zero-order valence-electron chi connectivity index (χ0n) is 10.6. The largest absolute Gasteiger partial charge is 0.282 e. The summed E-state index contributed by atoms with van der Waals surface area (Å²) in [7, 11) is 2.06. The van der Waals surface area contributed by atoms with Crippen molar-refractivity contribution < 1.29 is 4.57 Å². The molecule has 0 unspecified atom stereocenters. The standard InChI is InChI=1S/C15H13N3S/c1-18-13-9-5-6-10-14(13)19-15(18)11-16-17-12-7-3-2-4-8-12/h2-11H,1H3/p+1. The first-order valence-electron chi connectivity index (χ1n) is 6.06. The Morgan fingerprint density at radius 3 is 2.58 bits per heavy atom. The fourth-order valence-electron chi connectivity index (χ4n) is 1.91. The van der Waals surface area contributed by atoms with Gasteiger partial charge in [0.1, 0.15) is 18.0 Å². The van der Waals surface area contributed by atoms with Gasteiger partial charge in [-0.3, -0.25) is 5.43 Å². The highest BCUT2D eigenvalue weighted by Gasteiger charge is 2.13. The van der Waals surface area contributed by atoms with Crippen LogP contribution < -0.4 is 9.99 Å². The number of rotatable bonds is 3. The molecular weight excluding hydrogens is 254 g/mol. The highest BCUT2D eigenvalue weighted by molar-refractivity contribution is 7.19. The molecule has 0 radical (unpaired) electrons. The molecule has 1 heterocycles. The quantitative estimate of drug-likeness (QED) is 0.441. The van der Waals surface area contributed by atoms with Gasteiger partial charge < -0.3 is 0 Å². The van der Waals surface area contributed by atoms with Crippen molar-refractivity contribution in [2.24, 2.45) is 12.1 Å². The molecule has 3 aromatic rings. The van der Waals surface area contributed by atoms with E-state index in [2.05, 4.69) is 46.4 Å². The van der Waals surface area contributed by atoms with Crippen LogP contribution in [-0.2, 0) is 7.05 Å². The number of nitrogens with zero attached hydrogens (tertiary/aromatic N) is 2. The summed E-state index contributed by atoms with van der Waals surface area (Å²) in [5.41, 5.74) is 5.25. The van der Waals surface area contributed by atoms with Gasteiger partial charge in [-0.1, -0.05) is 41.7 Å². The Balaban J connectivity index is 1.83. The number of hydrazone groups is 1. The normalized spacial score (nSPS) is 11.2. The molecule has 0 atom stereocenters. The van der Waals surface area contributed by atoms with E-state index in [9.17, 15) is 0 Å². The Kier molecular flexibility index (Phi) is 3.25. The topological polar surface area (TPSA) is 28.3 Å². The van der Waals surface area contributed by atoms with E-state index in [0.29, 0.717) is 0 Å². The monoisotopic (exact) mass is 268 g/mol. The summed E-state index contributed by atoms with van der Waals surface area (Å²) in [6.45, 7) is 0. The van der Waals surface area contributed by atoms with Gasteiger partial charge in [-0.25, -0.2) is 0 Å². The molecule has 0 saturated carbocycles. The van der Waals surface area contributed by atoms with Gasteiger partial charge in [0.15, 0.2) is 0 Å². The number of thiazole rings is 1. The van der Waals surface area contributed by atoms with Crippen LogP contribution in [0.2, 0.25) is 0 Å². The van der Waals surface area contributed by atoms with Crippen molar-refractivity contribution in [1.82, 2.24) is 0 Å². The summed E-state index contributed by atoms with van der Waals surface area (Å²) >= 11 is 1.73. The van der Waals surface area contributed by atoms with Crippen molar-refractivity contribution in [1.29, 1.82) is 0 Å². The van der Waals surface area contributed by atoms with E-state index in [1.54, 1.807) is 11.3 Å². The predicted octanol–water partition coefficient (Wildman–Crippen LogP) is 3.17. The van der Waals surface area contributed by atoms with E-state index in [1.165, 1.54) is 10.2 Å². The van der Waals surface area contributed by atoms with Crippen LogP contribution in [0, 0.1) is 0 Å². The van der Waals surface area contributed by atoms with Crippen molar-refractivity contribution in [3.8, 4) is 0 Å². The lowest BCUT2D eigenvalue weighted by atomic mass is 10.3. The molecule has 0 saturated heterocycles. The number of aromatic nitrogens is 1. The van der Waals surface area contributed by atoms with Crippen LogP contribution >= 0.6 is 11.3 Å². The van der Waals surface area contributed by atoms with Crippen LogP contribution in [0.4, 0.5) is 5.69 Å². The van der Waals surface area contributed by atoms with E-state index >= 15 is 0 Å². The molecule has 1 aromatic heterocycles. The zero-order chi connectivity index (χ0) is 13.1. The van der Waals surface area contributed by atoms with Gasteiger partial charge in [0.2, 0.25) is 5.52 Å². The van der Waals surface area contributed by atoms with Crippen LogP contribution in [0.3, 0.4) is 0 Å². The van der Waals surface area contributed by atoms with Gasteiger partial charge in [0.05, 0.1) is 5.69 Å². The third-order valence-corrected chi connectivity index (χ3v) is 4.07. The van der Waals surface area contributed by atoms with E-state index < -0.39 is 0 Å². The second-order valence-electron chi connectivity index (χ2n) is 4.20. The van der Waals surface area contributed by atoms with Gasteiger partial charge >= 0.3 is 0 Å². The number of aryl methyl sites for hydroxylation is 1. The molecule has 0 amide bonds. The number of fused-ring (bicyclic) bond motifs is 1. The third kappa shape index (κ3) is 2.48. The van der Waals surface area contributed by atoms with E-state index in [-0.39, 0.29) is 0 Å². The van der Waals surface area contributed by atoms with Crippen LogP contribution in [-0.4, -0.2) is 6.21 Å². The summed E-state index contributed by atoms with van der Waals surface area (Å²) in [6, 6.07) is 18.3. The van der Waals surface area contributed by atoms with Crippen LogP contribution in [0.1, 0.15) is 5.01 Å². The third-order valence-electron chi connectivity index (χ3n) is 2.91. The molecule has 0 bridgehead atoms. The molecule has 2 aromatic carbocycles. The van der Waals surface area contributed by atoms with Gasteiger partial charge in [0, 0.05) is 6.07 Å². The second kappa shape index (κ2) is 5.20. The fraction of sp³-hybridized carbons (Fsp3) is 0.0667. The van der Waals surface area contributed by atoms with Crippen LogP contribution in [0.5, 0.6) is 0 Å². The van der Waals surface area contributed by atoms with E-state index in [4.69, 9.17) is 0 Å². The first-order valence-corrected chi connectivity index (χ1v) is 6.88. The average Bonchev–Trinajstić information content (AvgIpc) is 2.78. The van der Waals surface area contributed by atoms with Crippen molar-refractivity contribution in [2.45, 2.75) is 0 Å². The molecule has 19 heavy (non-hydrogen) atoms. The Hall–Kier alpha value is -2.20. The van der Waals surface area contributed by atoms with Crippen molar-refractivity contribution in [2.75, 3.05) is 5.43 Å². The zero-order valence-corrected chi connectivity index (χ0v) is 11.4. The molecule has 0 fully saturated rings. The second-order valence-corrected chi connectivity index (χ2v) is 5.27. The summed E-state index contributed by atoms with van der Waals surface area (Å²) in [5, 5.41) is 5.40. The summed E-state index contributed by atoms with van der Waals surface area (Å²) < 4.78 is 3.42. The molecule has 4 heteroatoms. The first-order chi connectivity index (χ1) is 9.34. The maximum Gasteiger partial charge on any atom is 0.282 e. The highest BCUT2D eigenvalue weighted by Crippen LogP contribution is 2.18. The minimum atomic E-state index is 0.988. The summed E-state index contributed by atoms with van der Waals surface area (Å²) in [6.07, 6.45) is 1.86. The molecule has 0 aliphatic rings. The maximum absolute atomic E-state index is 4.28. The molecule has 0 spiro atoms. The fourth-order valence-corrected chi connectivity index (χ4v) is 2.93. The van der Waals surface area contributed by atoms with Gasteiger partial charge in [0.25, 0.3) is 5.01 Å². The van der Waals surface area contributed by atoms with E-state index in [1.807, 2.05) is 36.5 Å². The Labute approximate surface area is 115 Å². The lowest BCUT2D eigenvalue weighted by molar-refractivity contribution is -0.641. The SMILES string of the molecule is C[n+]1c(/C=N/Nc2ccccc2)sc2ccccc21.